The molecular weight excluding hydrogens is 448 g/mol. The first-order valence-corrected chi connectivity index (χ1v) is 12.9. The van der Waals surface area contributed by atoms with E-state index in [0.29, 0.717) is 25.4 Å². The van der Waals surface area contributed by atoms with Gasteiger partial charge in [-0.25, -0.2) is 13.2 Å². The Morgan fingerprint density at radius 3 is 2.58 bits per heavy atom. The van der Waals surface area contributed by atoms with E-state index in [-0.39, 0.29) is 47.9 Å². The Morgan fingerprint density at radius 2 is 1.97 bits per heavy atom. The third kappa shape index (κ3) is 7.50. The fourth-order valence-corrected chi connectivity index (χ4v) is 4.23. The highest BCUT2D eigenvalue weighted by molar-refractivity contribution is 7.92. The molecule has 3 amide bonds. The molecule has 0 spiro atoms. The van der Waals surface area contributed by atoms with Crippen molar-refractivity contribution in [3.63, 3.8) is 0 Å². The van der Waals surface area contributed by atoms with E-state index in [1.807, 2.05) is 20.8 Å². The number of anilines is 1. The summed E-state index contributed by atoms with van der Waals surface area (Å²) in [5.74, 6) is -0.0614. The quantitative estimate of drug-likeness (QED) is 0.660. The van der Waals surface area contributed by atoms with Crippen molar-refractivity contribution >= 4 is 27.6 Å². The molecule has 0 saturated heterocycles. The van der Waals surface area contributed by atoms with Crippen molar-refractivity contribution in [1.29, 1.82) is 0 Å². The molecule has 2 rings (SSSR count). The van der Waals surface area contributed by atoms with Crippen LogP contribution in [0.25, 0.3) is 0 Å². The maximum atomic E-state index is 13.2. The van der Waals surface area contributed by atoms with E-state index in [0.717, 1.165) is 12.7 Å². The third-order valence-corrected chi connectivity index (χ3v) is 6.14. The Hall–Kier alpha value is -2.53. The molecule has 1 aliphatic rings. The van der Waals surface area contributed by atoms with E-state index >= 15 is 0 Å². The first-order chi connectivity index (χ1) is 15.5. The van der Waals surface area contributed by atoms with Gasteiger partial charge in [-0.3, -0.25) is 9.52 Å². The minimum absolute atomic E-state index is 0.0581. The van der Waals surface area contributed by atoms with Gasteiger partial charge in [0, 0.05) is 45.4 Å². The molecular formula is C22H36N4O6S. The molecule has 2 N–H and O–H groups in total. The summed E-state index contributed by atoms with van der Waals surface area (Å²) in [6, 6.07) is 4.10. The number of carbonyl (C=O) groups is 2. The molecule has 1 aliphatic heterocycles. The second-order valence-electron chi connectivity index (χ2n) is 8.57. The van der Waals surface area contributed by atoms with Gasteiger partial charge in [-0.1, -0.05) is 13.8 Å². The van der Waals surface area contributed by atoms with Gasteiger partial charge in [0.05, 0.1) is 24.0 Å². The largest absolute Gasteiger partial charge is 0.491 e. The second-order valence-corrected chi connectivity index (χ2v) is 10.3. The molecule has 3 atom stereocenters. The lowest BCUT2D eigenvalue weighted by molar-refractivity contribution is 0.0166. The number of rotatable bonds is 5. The van der Waals surface area contributed by atoms with Crippen molar-refractivity contribution in [3.8, 4) is 5.75 Å². The van der Waals surface area contributed by atoms with Crippen LogP contribution in [-0.4, -0.2) is 89.0 Å². The van der Waals surface area contributed by atoms with E-state index in [1.165, 1.54) is 17.0 Å². The minimum Gasteiger partial charge on any atom is -0.491 e. The van der Waals surface area contributed by atoms with Crippen LogP contribution in [0.5, 0.6) is 5.75 Å². The zero-order valence-electron chi connectivity index (χ0n) is 20.3. The maximum Gasteiger partial charge on any atom is 0.317 e. The van der Waals surface area contributed by atoms with E-state index in [9.17, 15) is 18.0 Å². The summed E-state index contributed by atoms with van der Waals surface area (Å²) >= 11 is 0. The van der Waals surface area contributed by atoms with Crippen LogP contribution in [0.3, 0.4) is 0 Å². The number of urea groups is 1. The maximum absolute atomic E-state index is 13.2. The average molecular weight is 485 g/mol. The van der Waals surface area contributed by atoms with Crippen molar-refractivity contribution in [2.75, 3.05) is 51.4 Å². The van der Waals surface area contributed by atoms with Crippen LogP contribution in [-0.2, 0) is 14.8 Å². The lowest BCUT2D eigenvalue weighted by atomic mass is 10.0. The summed E-state index contributed by atoms with van der Waals surface area (Å²) in [5.41, 5.74) is 0.488. The number of nitrogens with zero attached hydrogens (tertiary/aromatic N) is 2. The van der Waals surface area contributed by atoms with Crippen LogP contribution < -0.4 is 14.8 Å². The van der Waals surface area contributed by atoms with Gasteiger partial charge < -0.3 is 24.6 Å². The molecule has 0 unspecified atom stereocenters. The number of carbonyl (C=O) groups excluding carboxylic acids is 2. The lowest BCUT2D eigenvalue weighted by Crippen LogP contribution is -2.51. The molecule has 1 aromatic carbocycles. The topological polar surface area (TPSA) is 117 Å². The highest BCUT2D eigenvalue weighted by Crippen LogP contribution is 2.26. The summed E-state index contributed by atoms with van der Waals surface area (Å²) in [6.07, 6.45) is 1.56. The summed E-state index contributed by atoms with van der Waals surface area (Å²) in [7, 11) is -0.276. The van der Waals surface area contributed by atoms with Crippen LogP contribution in [0.1, 0.15) is 37.6 Å². The highest BCUT2D eigenvalue weighted by atomic mass is 32.2. The molecule has 11 heteroatoms. The summed E-state index contributed by atoms with van der Waals surface area (Å²) < 4.78 is 37.4. The minimum atomic E-state index is -3.51. The predicted molar refractivity (Wildman–Crippen MR) is 127 cm³/mol. The van der Waals surface area contributed by atoms with Crippen LogP contribution in [0.4, 0.5) is 10.5 Å². The summed E-state index contributed by atoms with van der Waals surface area (Å²) in [5, 5.41) is 2.92. The molecule has 186 valence electrons. The molecule has 1 aromatic rings. The molecule has 0 saturated carbocycles. The van der Waals surface area contributed by atoms with Crippen LogP contribution in [0.15, 0.2) is 18.2 Å². The Morgan fingerprint density at radius 1 is 1.27 bits per heavy atom. The molecule has 1 heterocycles. The fourth-order valence-electron chi connectivity index (χ4n) is 3.67. The number of sulfonamides is 1. The number of hydrogen-bond acceptors (Lipinski definition) is 6. The number of nitrogens with one attached hydrogen (secondary N) is 2. The number of likely N-dealkylation sites (N-methyl/N-ethyl adjacent to an activating group) is 1. The second kappa shape index (κ2) is 11.6. The van der Waals surface area contributed by atoms with Gasteiger partial charge in [0.2, 0.25) is 10.0 Å². The van der Waals surface area contributed by atoms with Gasteiger partial charge in [-0.15, -0.1) is 0 Å². The fraction of sp³-hybridized carbons (Fsp3) is 0.636. The van der Waals surface area contributed by atoms with Crippen molar-refractivity contribution in [1.82, 2.24) is 15.1 Å². The molecule has 0 fully saturated rings. The van der Waals surface area contributed by atoms with Gasteiger partial charge in [0.1, 0.15) is 12.4 Å². The predicted octanol–water partition coefficient (Wildman–Crippen LogP) is 1.98. The van der Waals surface area contributed by atoms with E-state index in [2.05, 4.69) is 10.0 Å². The molecule has 0 bridgehead atoms. The monoisotopic (exact) mass is 484 g/mol. The number of benzene rings is 1. The summed E-state index contributed by atoms with van der Waals surface area (Å²) in [4.78, 5) is 29.4. The van der Waals surface area contributed by atoms with Crippen LogP contribution >= 0.6 is 0 Å². The Labute approximate surface area is 196 Å². The highest BCUT2D eigenvalue weighted by Gasteiger charge is 2.30. The normalized spacial score (nSPS) is 22.5. The summed E-state index contributed by atoms with van der Waals surface area (Å²) in [6.45, 7) is 7.31. The van der Waals surface area contributed by atoms with Gasteiger partial charge in [0.25, 0.3) is 5.91 Å². The Balaban J connectivity index is 2.45. The number of fused-ring (bicyclic) bond motifs is 1. The standard InChI is InChI=1S/C22H36N4O6S/c1-7-10-23-22(28)26-12-15(2)20(31-5)13-25(4)21(27)18-11-17(24-33(6,29)30)8-9-19(18)32-14-16(26)3/h8-9,11,15-16,20,24H,7,10,12-14H2,1-6H3,(H,23,28)/t15-,16+,20+/m1/s1. The van der Waals surface area contributed by atoms with Gasteiger partial charge in [-0.05, 0) is 31.5 Å². The van der Waals surface area contributed by atoms with Crippen molar-refractivity contribution in [2.45, 2.75) is 39.3 Å². The number of ether oxygens (including phenoxy) is 2. The number of hydrogen-bond donors (Lipinski definition) is 2. The molecule has 0 aliphatic carbocycles. The SMILES string of the molecule is CCCNC(=O)N1C[C@@H](C)[C@@H](OC)CN(C)C(=O)c2cc(NS(C)(=O)=O)ccc2OC[C@@H]1C. The van der Waals surface area contributed by atoms with Crippen molar-refractivity contribution in [3.05, 3.63) is 23.8 Å². The molecule has 0 radical (unpaired) electrons. The van der Waals surface area contributed by atoms with Gasteiger partial charge >= 0.3 is 6.03 Å². The smallest absolute Gasteiger partial charge is 0.317 e. The first kappa shape index (κ1) is 26.7. The number of amides is 3. The molecule has 33 heavy (non-hydrogen) atoms. The van der Waals surface area contributed by atoms with Crippen LogP contribution in [0, 0.1) is 5.92 Å². The zero-order valence-corrected chi connectivity index (χ0v) is 21.1. The van der Waals surface area contributed by atoms with E-state index < -0.39 is 10.0 Å². The van der Waals surface area contributed by atoms with Crippen molar-refractivity contribution in [2.24, 2.45) is 5.92 Å². The van der Waals surface area contributed by atoms with Gasteiger partial charge in [-0.2, -0.15) is 0 Å². The first-order valence-electron chi connectivity index (χ1n) is 11.0. The van der Waals surface area contributed by atoms with E-state index in [4.69, 9.17) is 9.47 Å². The lowest BCUT2D eigenvalue weighted by Gasteiger charge is -2.36. The van der Waals surface area contributed by atoms with Crippen LogP contribution in [0.2, 0.25) is 0 Å². The average Bonchev–Trinajstić information content (AvgIpc) is 2.75. The molecule has 0 aromatic heterocycles. The molecule has 10 nitrogen and oxygen atoms in total. The Bertz CT molecular complexity index is 939. The number of methoxy groups -OCH3 is 1. The van der Waals surface area contributed by atoms with E-state index in [1.54, 1.807) is 25.1 Å². The third-order valence-electron chi connectivity index (χ3n) is 5.54. The van der Waals surface area contributed by atoms with Gasteiger partial charge in [0.15, 0.2) is 0 Å². The zero-order chi connectivity index (χ0) is 24.8. The Kier molecular flexibility index (Phi) is 9.35. The van der Waals surface area contributed by atoms with Crippen molar-refractivity contribution < 1.29 is 27.5 Å².